The zero-order valence-electron chi connectivity index (χ0n) is 15.8. The van der Waals surface area contributed by atoms with Crippen LogP contribution in [0.1, 0.15) is 59.4 Å². The normalized spacial score (nSPS) is 21.2. The number of ether oxygens (including phenoxy) is 1. The number of hydrogen-bond acceptors (Lipinski definition) is 4. The van der Waals surface area contributed by atoms with Crippen molar-refractivity contribution in [2.24, 2.45) is 0 Å². The number of fused-ring (bicyclic) bond motifs is 3. The number of carbonyl (C=O) groups excluding carboxylic acids is 1. The van der Waals surface area contributed by atoms with Gasteiger partial charge in [0.25, 0.3) is 5.91 Å². The van der Waals surface area contributed by atoms with Gasteiger partial charge in [-0.25, -0.2) is 4.98 Å². The highest BCUT2D eigenvalue weighted by atomic mass is 16.5. The minimum absolute atomic E-state index is 0.0278. The van der Waals surface area contributed by atoms with Crippen molar-refractivity contribution in [2.45, 2.75) is 37.8 Å². The summed E-state index contributed by atoms with van der Waals surface area (Å²) in [6, 6.07) is 12.3. The van der Waals surface area contributed by atoms with Gasteiger partial charge in [-0.1, -0.05) is 31.0 Å². The van der Waals surface area contributed by atoms with Crippen molar-refractivity contribution in [3.8, 4) is 17.0 Å². The van der Waals surface area contributed by atoms with Crippen molar-refractivity contribution in [1.82, 2.24) is 20.1 Å². The smallest absolute Gasteiger partial charge is 0.273 e. The zero-order valence-corrected chi connectivity index (χ0v) is 15.8. The topological polar surface area (TPSA) is 71.1 Å². The molecule has 4 heterocycles. The number of benzene rings is 1. The summed E-state index contributed by atoms with van der Waals surface area (Å²) in [6.07, 6.45) is 7.68. The number of amides is 1. The third-order valence-electron chi connectivity index (χ3n) is 5.87. The molecule has 0 spiro atoms. The van der Waals surface area contributed by atoms with Gasteiger partial charge in [0.05, 0.1) is 31.1 Å². The number of nitrogens with one attached hydrogen (secondary N) is 1. The molecule has 2 aromatic heterocycles. The molecule has 5 rings (SSSR count). The van der Waals surface area contributed by atoms with Crippen molar-refractivity contribution < 1.29 is 9.53 Å². The maximum absolute atomic E-state index is 13.5. The molecule has 0 aliphatic carbocycles. The van der Waals surface area contributed by atoms with Gasteiger partial charge in [0, 0.05) is 17.3 Å². The molecule has 0 bridgehead atoms. The standard InChI is InChI=1S/C22H22N4O2/c1-28-16-6-4-5-14(11-16)19-7-2-3-8-20-17-9-10-18(15-12-23-24-13-15)25-21(17)22(27)26(19)20/h4-6,9-13,19-20H,2-3,7-8H2,1H3,(H,23,24). The fourth-order valence-electron chi connectivity index (χ4n) is 4.52. The highest BCUT2D eigenvalue weighted by Crippen LogP contribution is 2.46. The van der Waals surface area contributed by atoms with E-state index in [2.05, 4.69) is 27.2 Å². The van der Waals surface area contributed by atoms with Crippen LogP contribution >= 0.6 is 0 Å². The number of aromatic amines is 1. The molecule has 1 aromatic carbocycles. The van der Waals surface area contributed by atoms with E-state index in [1.54, 1.807) is 19.5 Å². The predicted molar refractivity (Wildman–Crippen MR) is 105 cm³/mol. The highest BCUT2D eigenvalue weighted by molar-refractivity contribution is 5.98. The van der Waals surface area contributed by atoms with Gasteiger partial charge < -0.3 is 9.64 Å². The molecule has 1 N–H and O–H groups in total. The van der Waals surface area contributed by atoms with Crippen molar-refractivity contribution in [3.05, 3.63) is 65.6 Å². The summed E-state index contributed by atoms with van der Waals surface area (Å²) in [4.78, 5) is 20.2. The molecule has 6 nitrogen and oxygen atoms in total. The van der Waals surface area contributed by atoms with E-state index in [4.69, 9.17) is 9.72 Å². The number of carbonyl (C=O) groups is 1. The Bertz CT molecular complexity index is 1020. The number of methoxy groups -OCH3 is 1. The summed E-state index contributed by atoms with van der Waals surface area (Å²) in [6.45, 7) is 0. The van der Waals surface area contributed by atoms with Gasteiger partial charge in [-0.15, -0.1) is 0 Å². The molecule has 1 amide bonds. The first kappa shape index (κ1) is 17.0. The first-order valence-corrected chi connectivity index (χ1v) is 9.73. The van der Waals surface area contributed by atoms with Crippen LogP contribution in [-0.4, -0.2) is 33.1 Å². The molecular formula is C22H22N4O2. The lowest BCUT2D eigenvalue weighted by molar-refractivity contribution is 0.0625. The van der Waals surface area contributed by atoms with Gasteiger partial charge in [-0.05, 0) is 36.6 Å². The van der Waals surface area contributed by atoms with Crippen LogP contribution in [0.4, 0.5) is 0 Å². The third-order valence-corrected chi connectivity index (χ3v) is 5.87. The number of aromatic nitrogens is 3. The first-order valence-electron chi connectivity index (χ1n) is 9.73. The van der Waals surface area contributed by atoms with Gasteiger partial charge in [0.15, 0.2) is 0 Å². The van der Waals surface area contributed by atoms with E-state index < -0.39 is 0 Å². The van der Waals surface area contributed by atoms with Crippen molar-refractivity contribution in [2.75, 3.05) is 7.11 Å². The van der Waals surface area contributed by atoms with E-state index in [9.17, 15) is 4.79 Å². The molecule has 1 fully saturated rings. The lowest BCUT2D eigenvalue weighted by Crippen LogP contribution is -2.31. The Morgan fingerprint density at radius 1 is 1.14 bits per heavy atom. The summed E-state index contributed by atoms with van der Waals surface area (Å²) in [7, 11) is 1.67. The van der Waals surface area contributed by atoms with Crippen molar-refractivity contribution in [3.63, 3.8) is 0 Å². The molecule has 2 unspecified atom stereocenters. The molecule has 2 aliphatic rings. The lowest BCUT2D eigenvalue weighted by Gasteiger charge is -2.31. The maximum Gasteiger partial charge on any atom is 0.273 e. The van der Waals surface area contributed by atoms with E-state index in [0.717, 1.165) is 53.8 Å². The van der Waals surface area contributed by atoms with Crippen LogP contribution in [0, 0.1) is 0 Å². The zero-order chi connectivity index (χ0) is 19.1. The fraction of sp³-hybridized carbons (Fsp3) is 0.318. The van der Waals surface area contributed by atoms with E-state index in [1.165, 1.54) is 0 Å². The Kier molecular flexibility index (Phi) is 4.11. The predicted octanol–water partition coefficient (Wildman–Crippen LogP) is 4.29. The molecule has 6 heteroatoms. The Morgan fingerprint density at radius 2 is 2.00 bits per heavy atom. The Labute approximate surface area is 163 Å². The van der Waals surface area contributed by atoms with Gasteiger partial charge >= 0.3 is 0 Å². The van der Waals surface area contributed by atoms with Crippen LogP contribution < -0.4 is 4.74 Å². The average molecular weight is 374 g/mol. The molecule has 0 radical (unpaired) electrons. The van der Waals surface area contributed by atoms with E-state index in [0.29, 0.717) is 5.69 Å². The molecule has 3 aromatic rings. The minimum atomic E-state index is 0.0278. The van der Waals surface area contributed by atoms with Crippen LogP contribution in [0.15, 0.2) is 48.8 Å². The Balaban J connectivity index is 1.56. The molecule has 142 valence electrons. The lowest BCUT2D eigenvalue weighted by atomic mass is 10.0. The molecular weight excluding hydrogens is 352 g/mol. The van der Waals surface area contributed by atoms with Crippen LogP contribution in [0.3, 0.4) is 0 Å². The monoisotopic (exact) mass is 374 g/mol. The molecule has 2 atom stereocenters. The SMILES string of the molecule is COc1cccc(C2CCCCC3c4ccc(-c5cn[nH]c5)nc4C(=O)N23)c1. The number of H-pyrrole nitrogens is 1. The van der Waals surface area contributed by atoms with Crippen LogP contribution in [0.25, 0.3) is 11.3 Å². The van der Waals surface area contributed by atoms with Crippen LogP contribution in [-0.2, 0) is 0 Å². The van der Waals surface area contributed by atoms with E-state index in [1.807, 2.05) is 24.3 Å². The van der Waals surface area contributed by atoms with Crippen molar-refractivity contribution >= 4 is 5.91 Å². The first-order chi connectivity index (χ1) is 13.8. The highest BCUT2D eigenvalue weighted by Gasteiger charge is 2.43. The Morgan fingerprint density at radius 3 is 2.79 bits per heavy atom. The summed E-state index contributed by atoms with van der Waals surface area (Å²) >= 11 is 0. The summed E-state index contributed by atoms with van der Waals surface area (Å²) in [5, 5.41) is 6.80. The molecule has 0 saturated carbocycles. The Hall–Kier alpha value is -3.15. The van der Waals surface area contributed by atoms with Gasteiger partial charge in [-0.3, -0.25) is 9.89 Å². The largest absolute Gasteiger partial charge is 0.497 e. The quantitative estimate of drug-likeness (QED) is 0.742. The molecule has 28 heavy (non-hydrogen) atoms. The minimum Gasteiger partial charge on any atom is -0.497 e. The number of pyridine rings is 1. The fourth-order valence-corrected chi connectivity index (χ4v) is 4.52. The second-order valence-electron chi connectivity index (χ2n) is 7.43. The van der Waals surface area contributed by atoms with Gasteiger partial charge in [0.2, 0.25) is 0 Å². The van der Waals surface area contributed by atoms with Gasteiger partial charge in [0.1, 0.15) is 11.4 Å². The maximum atomic E-state index is 13.5. The summed E-state index contributed by atoms with van der Waals surface area (Å²) < 4.78 is 5.41. The third kappa shape index (κ3) is 2.68. The summed E-state index contributed by atoms with van der Waals surface area (Å²) in [5.74, 6) is 0.850. The van der Waals surface area contributed by atoms with Crippen molar-refractivity contribution in [1.29, 1.82) is 0 Å². The van der Waals surface area contributed by atoms with E-state index in [-0.39, 0.29) is 18.0 Å². The number of nitrogens with zero attached hydrogens (tertiary/aromatic N) is 3. The molecule has 2 aliphatic heterocycles. The number of rotatable bonds is 3. The van der Waals surface area contributed by atoms with Gasteiger partial charge in [-0.2, -0.15) is 5.10 Å². The average Bonchev–Trinajstić information content (AvgIpc) is 3.29. The van der Waals surface area contributed by atoms with Crippen LogP contribution in [0.5, 0.6) is 5.75 Å². The number of hydrogen-bond donors (Lipinski definition) is 1. The summed E-state index contributed by atoms with van der Waals surface area (Å²) in [5.41, 5.74) is 4.42. The second kappa shape index (κ2) is 6.78. The van der Waals surface area contributed by atoms with Crippen LogP contribution in [0.2, 0.25) is 0 Å². The molecule has 1 saturated heterocycles. The second-order valence-corrected chi connectivity index (χ2v) is 7.43. The van der Waals surface area contributed by atoms with E-state index >= 15 is 0 Å².